The van der Waals surface area contributed by atoms with Crippen molar-refractivity contribution in [2.75, 3.05) is 12.4 Å². The molecule has 0 aromatic heterocycles. The molecule has 0 fully saturated rings. The molecule has 0 bridgehead atoms. The van der Waals surface area contributed by atoms with E-state index in [9.17, 15) is 24.9 Å². The van der Waals surface area contributed by atoms with E-state index >= 15 is 0 Å². The average Bonchev–Trinajstić information content (AvgIpc) is 2.65. The summed E-state index contributed by atoms with van der Waals surface area (Å²) in [6, 6.07) is 3.08. The molecule has 28 heavy (non-hydrogen) atoms. The summed E-state index contributed by atoms with van der Waals surface area (Å²) in [5.41, 5.74) is 1.28. The Labute approximate surface area is 164 Å². The van der Waals surface area contributed by atoms with Crippen molar-refractivity contribution in [1.82, 2.24) is 0 Å². The summed E-state index contributed by atoms with van der Waals surface area (Å²) >= 11 is 0. The third-order valence-corrected chi connectivity index (χ3v) is 4.88. The van der Waals surface area contributed by atoms with E-state index in [2.05, 4.69) is 5.32 Å². The van der Waals surface area contributed by atoms with Gasteiger partial charge in [-0.05, 0) is 37.5 Å². The van der Waals surface area contributed by atoms with Gasteiger partial charge in [-0.1, -0.05) is 25.2 Å². The maximum atomic E-state index is 12.7. The number of ketones is 1. The van der Waals surface area contributed by atoms with Crippen molar-refractivity contribution in [3.8, 4) is 5.75 Å². The fourth-order valence-corrected chi connectivity index (χ4v) is 2.97. The molecule has 4 N–H and O–H groups in total. The number of aliphatic hydroxyl groups excluding tert-OH is 2. The quantitative estimate of drug-likeness (QED) is 0.545. The van der Waals surface area contributed by atoms with Crippen molar-refractivity contribution in [2.45, 2.75) is 45.5 Å². The molecule has 0 spiro atoms. The fourth-order valence-electron chi connectivity index (χ4n) is 2.97. The molecule has 1 aliphatic heterocycles. The van der Waals surface area contributed by atoms with E-state index in [-0.39, 0.29) is 29.2 Å². The molecule has 7 heteroatoms. The molecule has 0 saturated heterocycles. The average molecular weight is 389 g/mol. The lowest BCUT2D eigenvalue weighted by Crippen LogP contribution is -2.34. The lowest BCUT2D eigenvalue weighted by molar-refractivity contribution is -0.128. The molecule has 0 aliphatic carbocycles. The number of hydrogen-bond donors (Lipinski definition) is 4. The van der Waals surface area contributed by atoms with E-state index in [1.54, 1.807) is 46.0 Å². The number of Topliss-reactive ketones (excluding diaryl/α,β-unsaturated/α-hetero) is 1. The minimum absolute atomic E-state index is 0.00876. The standard InChI is InChI=1S/C21H27NO6/c1-11-8-12(2)19(25)20(26)16(23)7-5-6-14-9-15(22-4)10-17(24)18(14)21(27)28-13(11)3/h5-6,8-11,13,16,20,22-24,26H,7H2,1-4H3/b6-5+,12-8-/t11-,13+,16+,20+/m1/s1. The summed E-state index contributed by atoms with van der Waals surface area (Å²) in [5.74, 6) is -1.81. The lowest BCUT2D eigenvalue weighted by atomic mass is 9.95. The number of benzene rings is 1. The number of cyclic esters (lactones) is 1. The summed E-state index contributed by atoms with van der Waals surface area (Å²) in [6.45, 7) is 5.00. The minimum atomic E-state index is -1.55. The first-order valence-electron chi connectivity index (χ1n) is 9.16. The molecule has 0 saturated carbocycles. The van der Waals surface area contributed by atoms with Crippen LogP contribution >= 0.6 is 0 Å². The van der Waals surface area contributed by atoms with Crippen LogP contribution in [0.15, 0.2) is 29.9 Å². The molecule has 1 heterocycles. The Hall–Kier alpha value is -2.64. The van der Waals surface area contributed by atoms with Gasteiger partial charge >= 0.3 is 5.97 Å². The van der Waals surface area contributed by atoms with E-state index in [0.717, 1.165) is 0 Å². The van der Waals surface area contributed by atoms with E-state index in [1.165, 1.54) is 12.1 Å². The highest BCUT2D eigenvalue weighted by Gasteiger charge is 2.27. The Bertz CT molecular complexity index is 813. The van der Waals surface area contributed by atoms with Crippen molar-refractivity contribution in [1.29, 1.82) is 0 Å². The molecule has 0 amide bonds. The zero-order chi connectivity index (χ0) is 21.0. The molecular weight excluding hydrogens is 362 g/mol. The number of phenolic OH excluding ortho intramolecular Hbond substituents is 1. The summed E-state index contributed by atoms with van der Waals surface area (Å²) in [6.07, 6.45) is 1.24. The first kappa shape index (κ1) is 21.7. The number of nitrogens with one attached hydrogen (secondary N) is 1. The van der Waals surface area contributed by atoms with Gasteiger partial charge in [-0.3, -0.25) is 4.79 Å². The highest BCUT2D eigenvalue weighted by Crippen LogP contribution is 2.29. The molecular formula is C21H27NO6. The largest absolute Gasteiger partial charge is 0.507 e. The van der Waals surface area contributed by atoms with Gasteiger partial charge < -0.3 is 25.4 Å². The summed E-state index contributed by atoms with van der Waals surface area (Å²) in [4.78, 5) is 25.0. The van der Waals surface area contributed by atoms with E-state index in [0.29, 0.717) is 11.3 Å². The SMILES string of the molecule is CNc1cc(O)c2c(c1)/C=C/C[C@H](O)[C@H](O)C(=O)/C(C)=C\[C@@H](C)[C@H](C)OC2=O. The first-order valence-corrected chi connectivity index (χ1v) is 9.16. The van der Waals surface area contributed by atoms with Crippen LogP contribution < -0.4 is 5.32 Å². The Morgan fingerprint density at radius 2 is 1.86 bits per heavy atom. The second-order valence-electron chi connectivity index (χ2n) is 7.04. The lowest BCUT2D eigenvalue weighted by Gasteiger charge is -2.21. The van der Waals surface area contributed by atoms with Gasteiger partial charge in [0.25, 0.3) is 0 Å². The third kappa shape index (κ3) is 4.79. The monoisotopic (exact) mass is 389 g/mol. The maximum Gasteiger partial charge on any atom is 0.342 e. The number of ether oxygens (including phenoxy) is 1. The summed E-state index contributed by atoms with van der Waals surface area (Å²) in [7, 11) is 1.68. The number of carbonyl (C=O) groups is 2. The third-order valence-electron chi connectivity index (χ3n) is 4.88. The van der Waals surface area contributed by atoms with Crippen LogP contribution in [0.2, 0.25) is 0 Å². The number of aliphatic hydroxyl groups is 2. The minimum Gasteiger partial charge on any atom is -0.507 e. The van der Waals surface area contributed by atoms with Gasteiger partial charge in [0.1, 0.15) is 23.5 Å². The van der Waals surface area contributed by atoms with Gasteiger partial charge in [0.05, 0.1) is 6.10 Å². The van der Waals surface area contributed by atoms with E-state index in [1.807, 2.05) is 0 Å². The van der Waals surface area contributed by atoms with Crippen LogP contribution in [0.25, 0.3) is 6.08 Å². The Morgan fingerprint density at radius 1 is 1.18 bits per heavy atom. The predicted octanol–water partition coefficient (Wildman–Crippen LogP) is 2.27. The van der Waals surface area contributed by atoms with Crippen LogP contribution in [0.5, 0.6) is 5.75 Å². The number of hydrogen-bond acceptors (Lipinski definition) is 7. The number of rotatable bonds is 1. The fraction of sp³-hybridized carbons (Fsp3) is 0.429. The number of phenols is 1. The molecule has 0 unspecified atom stereocenters. The van der Waals surface area contributed by atoms with Crippen LogP contribution in [0.3, 0.4) is 0 Å². The Kier molecular flexibility index (Phi) is 6.99. The zero-order valence-corrected chi connectivity index (χ0v) is 16.5. The highest BCUT2D eigenvalue weighted by atomic mass is 16.5. The molecule has 2 rings (SSSR count). The van der Waals surface area contributed by atoms with Crippen LogP contribution in [-0.4, -0.2) is 52.4 Å². The number of fused-ring (bicyclic) bond motifs is 1. The number of carbonyl (C=O) groups excluding carboxylic acids is 2. The van der Waals surface area contributed by atoms with Gasteiger partial charge in [0, 0.05) is 24.7 Å². The number of anilines is 1. The Balaban J connectivity index is 2.54. The van der Waals surface area contributed by atoms with Gasteiger partial charge in [-0.25, -0.2) is 4.79 Å². The first-order chi connectivity index (χ1) is 13.1. The van der Waals surface area contributed by atoms with Gasteiger partial charge in [-0.15, -0.1) is 0 Å². The van der Waals surface area contributed by atoms with Crippen LogP contribution in [0.1, 0.15) is 43.1 Å². The predicted molar refractivity (Wildman–Crippen MR) is 106 cm³/mol. The van der Waals surface area contributed by atoms with Gasteiger partial charge in [-0.2, -0.15) is 0 Å². The smallest absolute Gasteiger partial charge is 0.342 e. The van der Waals surface area contributed by atoms with E-state index < -0.39 is 30.1 Å². The van der Waals surface area contributed by atoms with Gasteiger partial charge in [0.15, 0.2) is 5.78 Å². The molecule has 1 aromatic rings. The second-order valence-corrected chi connectivity index (χ2v) is 7.04. The van der Waals surface area contributed by atoms with Crippen LogP contribution in [-0.2, 0) is 9.53 Å². The van der Waals surface area contributed by atoms with E-state index in [4.69, 9.17) is 4.74 Å². The summed E-state index contributed by atoms with van der Waals surface area (Å²) < 4.78 is 5.50. The molecule has 4 atom stereocenters. The molecule has 7 nitrogen and oxygen atoms in total. The van der Waals surface area contributed by atoms with Crippen molar-refractivity contribution >= 4 is 23.5 Å². The van der Waals surface area contributed by atoms with Crippen LogP contribution in [0, 0.1) is 5.92 Å². The zero-order valence-electron chi connectivity index (χ0n) is 16.5. The molecule has 0 radical (unpaired) electrons. The Morgan fingerprint density at radius 3 is 2.50 bits per heavy atom. The van der Waals surface area contributed by atoms with Crippen molar-refractivity contribution in [2.24, 2.45) is 5.92 Å². The highest BCUT2D eigenvalue weighted by molar-refractivity contribution is 5.99. The van der Waals surface area contributed by atoms with Crippen molar-refractivity contribution in [3.63, 3.8) is 0 Å². The van der Waals surface area contributed by atoms with Crippen molar-refractivity contribution < 1.29 is 29.6 Å². The number of aromatic hydroxyl groups is 1. The van der Waals surface area contributed by atoms with Gasteiger partial charge in [0.2, 0.25) is 0 Å². The topological polar surface area (TPSA) is 116 Å². The van der Waals surface area contributed by atoms with Crippen LogP contribution in [0.4, 0.5) is 5.69 Å². The normalized spacial score (nSPS) is 29.7. The number of esters is 1. The molecule has 1 aliphatic rings. The maximum absolute atomic E-state index is 12.7. The summed E-state index contributed by atoms with van der Waals surface area (Å²) in [5, 5.41) is 33.5. The van der Waals surface area contributed by atoms with Crippen molar-refractivity contribution in [3.05, 3.63) is 41.0 Å². The second kappa shape index (κ2) is 9.03. The molecule has 1 aromatic carbocycles. The molecule has 152 valence electrons.